The summed E-state index contributed by atoms with van der Waals surface area (Å²) in [6, 6.07) is 6.57. The standard InChI is InChI=1S/C11H6ClN3O3/c12-7-2-1-6(4-13)8(3-7)14-11-15-9(5-18-11)10(16)17/h1-3,5H,(H,14,15)(H,16,17). The Hall–Kier alpha value is -2.52. The Kier molecular flexibility index (Phi) is 3.17. The van der Waals surface area contributed by atoms with Gasteiger partial charge in [0.2, 0.25) is 0 Å². The number of carboxylic acid groups (broad SMARTS) is 1. The van der Waals surface area contributed by atoms with Crippen LogP contribution in [0.15, 0.2) is 28.9 Å². The molecule has 0 bridgehead atoms. The molecule has 0 fully saturated rings. The van der Waals surface area contributed by atoms with Crippen LogP contribution in [0.3, 0.4) is 0 Å². The molecule has 2 aromatic rings. The van der Waals surface area contributed by atoms with E-state index in [0.29, 0.717) is 16.3 Å². The average molecular weight is 264 g/mol. The largest absolute Gasteiger partial charge is 0.476 e. The lowest BCUT2D eigenvalue weighted by molar-refractivity contribution is 0.0690. The Bertz CT molecular complexity index is 645. The van der Waals surface area contributed by atoms with Gasteiger partial charge in [-0.2, -0.15) is 10.2 Å². The highest BCUT2D eigenvalue weighted by molar-refractivity contribution is 6.30. The van der Waals surface area contributed by atoms with Crippen molar-refractivity contribution in [2.45, 2.75) is 0 Å². The number of hydrogen-bond donors (Lipinski definition) is 2. The lowest BCUT2D eigenvalue weighted by Gasteiger charge is -2.04. The van der Waals surface area contributed by atoms with E-state index in [2.05, 4.69) is 10.3 Å². The van der Waals surface area contributed by atoms with Gasteiger partial charge in [-0.3, -0.25) is 0 Å². The Morgan fingerprint density at radius 3 is 2.94 bits per heavy atom. The third-order valence-electron chi connectivity index (χ3n) is 2.07. The second-order valence-corrected chi connectivity index (χ2v) is 3.71. The number of hydrogen-bond acceptors (Lipinski definition) is 5. The Morgan fingerprint density at radius 2 is 2.33 bits per heavy atom. The smallest absolute Gasteiger partial charge is 0.357 e. The number of nitrogens with one attached hydrogen (secondary N) is 1. The molecule has 18 heavy (non-hydrogen) atoms. The second-order valence-electron chi connectivity index (χ2n) is 3.27. The minimum absolute atomic E-state index is 0.0221. The summed E-state index contributed by atoms with van der Waals surface area (Å²) in [5, 5.41) is 20.7. The van der Waals surface area contributed by atoms with E-state index < -0.39 is 5.97 Å². The number of nitrogens with zero attached hydrogens (tertiary/aromatic N) is 2. The molecule has 0 saturated heterocycles. The van der Waals surface area contributed by atoms with Crippen molar-refractivity contribution in [3.05, 3.63) is 40.7 Å². The van der Waals surface area contributed by atoms with E-state index in [1.54, 1.807) is 6.07 Å². The molecule has 7 heteroatoms. The van der Waals surface area contributed by atoms with Crippen LogP contribution in [0.25, 0.3) is 0 Å². The highest BCUT2D eigenvalue weighted by Gasteiger charge is 2.12. The summed E-state index contributed by atoms with van der Waals surface area (Å²) in [5.41, 5.74) is 0.510. The van der Waals surface area contributed by atoms with Crippen LogP contribution in [0.5, 0.6) is 0 Å². The lowest BCUT2D eigenvalue weighted by atomic mass is 10.2. The minimum atomic E-state index is -1.20. The fraction of sp³-hybridized carbons (Fsp3) is 0. The molecule has 6 nitrogen and oxygen atoms in total. The van der Waals surface area contributed by atoms with Crippen LogP contribution >= 0.6 is 11.6 Å². The quantitative estimate of drug-likeness (QED) is 0.883. The zero-order chi connectivity index (χ0) is 13.1. The van der Waals surface area contributed by atoms with E-state index in [0.717, 1.165) is 6.26 Å². The highest BCUT2D eigenvalue weighted by atomic mass is 35.5. The van der Waals surface area contributed by atoms with Crippen molar-refractivity contribution in [2.75, 3.05) is 5.32 Å². The van der Waals surface area contributed by atoms with E-state index in [-0.39, 0.29) is 11.7 Å². The molecule has 1 heterocycles. The molecule has 0 aliphatic heterocycles. The maximum absolute atomic E-state index is 10.6. The van der Waals surface area contributed by atoms with E-state index >= 15 is 0 Å². The Balaban J connectivity index is 2.30. The number of anilines is 2. The molecule has 0 spiro atoms. The first-order valence-corrected chi connectivity index (χ1v) is 5.13. The molecular weight excluding hydrogens is 258 g/mol. The number of benzene rings is 1. The molecule has 2 N–H and O–H groups in total. The number of carbonyl (C=O) groups is 1. The highest BCUT2D eigenvalue weighted by Crippen LogP contribution is 2.23. The van der Waals surface area contributed by atoms with E-state index in [9.17, 15) is 4.79 Å². The van der Waals surface area contributed by atoms with Crippen molar-refractivity contribution < 1.29 is 14.3 Å². The molecule has 1 aromatic carbocycles. The molecular formula is C11H6ClN3O3. The molecule has 0 saturated carbocycles. The van der Waals surface area contributed by atoms with Gasteiger partial charge < -0.3 is 14.8 Å². The topological polar surface area (TPSA) is 99.2 Å². The number of halogens is 1. The first kappa shape index (κ1) is 12.0. The van der Waals surface area contributed by atoms with Crippen LogP contribution in [0.2, 0.25) is 5.02 Å². The molecule has 0 aliphatic rings. The van der Waals surface area contributed by atoms with Crippen molar-refractivity contribution in [3.8, 4) is 6.07 Å². The molecule has 0 amide bonds. The van der Waals surface area contributed by atoms with Gasteiger partial charge in [0.25, 0.3) is 6.01 Å². The van der Waals surface area contributed by atoms with Crippen molar-refractivity contribution in [1.82, 2.24) is 4.98 Å². The Morgan fingerprint density at radius 1 is 1.56 bits per heavy atom. The monoisotopic (exact) mass is 263 g/mol. The summed E-state index contributed by atoms with van der Waals surface area (Å²) >= 11 is 5.80. The van der Waals surface area contributed by atoms with Gasteiger partial charge in [0.05, 0.1) is 11.3 Å². The summed E-state index contributed by atoms with van der Waals surface area (Å²) < 4.78 is 4.91. The fourth-order valence-electron chi connectivity index (χ4n) is 1.26. The van der Waals surface area contributed by atoms with Gasteiger partial charge in [-0.1, -0.05) is 11.6 Å². The summed E-state index contributed by atoms with van der Waals surface area (Å²) in [5.74, 6) is -1.20. The Labute approximate surface area is 106 Å². The van der Waals surface area contributed by atoms with Gasteiger partial charge in [-0.05, 0) is 18.2 Å². The van der Waals surface area contributed by atoms with E-state index in [4.69, 9.17) is 26.4 Å². The summed E-state index contributed by atoms with van der Waals surface area (Å²) in [4.78, 5) is 14.3. The van der Waals surface area contributed by atoms with Gasteiger partial charge in [0, 0.05) is 5.02 Å². The van der Waals surface area contributed by atoms with E-state index in [1.807, 2.05) is 6.07 Å². The first-order chi connectivity index (χ1) is 8.60. The van der Waals surface area contributed by atoms with Gasteiger partial charge >= 0.3 is 5.97 Å². The van der Waals surface area contributed by atoms with Crippen LogP contribution in [0, 0.1) is 11.3 Å². The minimum Gasteiger partial charge on any atom is -0.476 e. The molecule has 0 radical (unpaired) electrons. The first-order valence-electron chi connectivity index (χ1n) is 4.75. The van der Waals surface area contributed by atoms with Gasteiger partial charge in [-0.15, -0.1) is 0 Å². The van der Waals surface area contributed by atoms with Crippen molar-refractivity contribution in [1.29, 1.82) is 5.26 Å². The number of nitriles is 1. The molecule has 0 atom stereocenters. The summed E-state index contributed by atoms with van der Waals surface area (Å²) in [6.45, 7) is 0. The van der Waals surface area contributed by atoms with Crippen LogP contribution in [-0.2, 0) is 0 Å². The summed E-state index contributed by atoms with van der Waals surface area (Å²) in [7, 11) is 0. The van der Waals surface area contributed by atoms with Crippen LogP contribution < -0.4 is 5.32 Å². The zero-order valence-electron chi connectivity index (χ0n) is 8.85. The lowest BCUT2D eigenvalue weighted by Crippen LogP contribution is -1.98. The second kappa shape index (κ2) is 4.77. The van der Waals surface area contributed by atoms with Crippen molar-refractivity contribution in [3.63, 3.8) is 0 Å². The fourth-order valence-corrected chi connectivity index (χ4v) is 1.43. The maximum atomic E-state index is 10.6. The number of carboxylic acids is 1. The SMILES string of the molecule is N#Cc1ccc(Cl)cc1Nc1nc(C(=O)O)co1. The van der Waals surface area contributed by atoms with Crippen molar-refractivity contribution >= 4 is 29.3 Å². The van der Waals surface area contributed by atoms with Crippen molar-refractivity contribution in [2.24, 2.45) is 0 Å². The average Bonchev–Trinajstić information content (AvgIpc) is 2.78. The number of aromatic nitrogens is 1. The van der Waals surface area contributed by atoms with Gasteiger partial charge in [-0.25, -0.2) is 4.79 Å². The van der Waals surface area contributed by atoms with Crippen LogP contribution in [0.4, 0.5) is 11.7 Å². The number of rotatable bonds is 3. The van der Waals surface area contributed by atoms with Gasteiger partial charge in [0.15, 0.2) is 5.69 Å². The number of aromatic carboxylic acids is 1. The van der Waals surface area contributed by atoms with Crippen LogP contribution in [-0.4, -0.2) is 16.1 Å². The zero-order valence-corrected chi connectivity index (χ0v) is 9.60. The summed E-state index contributed by atoms with van der Waals surface area (Å²) in [6.07, 6.45) is 1.00. The molecule has 90 valence electrons. The molecule has 0 unspecified atom stereocenters. The molecule has 2 rings (SSSR count). The van der Waals surface area contributed by atoms with Crippen LogP contribution in [0.1, 0.15) is 16.1 Å². The third kappa shape index (κ3) is 2.42. The molecule has 1 aromatic heterocycles. The number of oxazole rings is 1. The van der Waals surface area contributed by atoms with E-state index in [1.165, 1.54) is 12.1 Å². The molecule has 0 aliphatic carbocycles. The predicted molar refractivity (Wildman–Crippen MR) is 62.9 cm³/mol. The van der Waals surface area contributed by atoms with Gasteiger partial charge in [0.1, 0.15) is 12.3 Å². The maximum Gasteiger partial charge on any atom is 0.357 e. The third-order valence-corrected chi connectivity index (χ3v) is 2.30. The normalized spacial score (nSPS) is 9.78. The predicted octanol–water partition coefficient (Wildman–Crippen LogP) is 2.64.